The van der Waals surface area contributed by atoms with Crippen LogP contribution in [0.2, 0.25) is 0 Å². The van der Waals surface area contributed by atoms with Crippen LogP contribution in [0.25, 0.3) is 10.9 Å². The van der Waals surface area contributed by atoms with E-state index >= 15 is 4.39 Å². The molecule has 206 valence electrons. The molecule has 5 N–H and O–H groups in total. The van der Waals surface area contributed by atoms with E-state index in [2.05, 4.69) is 32.4 Å². The molecule has 10 nitrogen and oxygen atoms in total. The number of aryl methyl sites for hydroxylation is 1. The summed E-state index contributed by atoms with van der Waals surface area (Å²) in [5.41, 5.74) is 6.48. The van der Waals surface area contributed by atoms with E-state index < -0.39 is 35.5 Å². The summed E-state index contributed by atoms with van der Waals surface area (Å²) >= 11 is 0. The molecule has 2 amide bonds. The zero-order chi connectivity index (χ0) is 28.0. The topological polar surface area (TPSA) is 133 Å². The van der Waals surface area contributed by atoms with Crippen molar-refractivity contribution in [3.63, 3.8) is 0 Å². The molecule has 11 heteroatoms. The lowest BCUT2D eigenvalue weighted by Gasteiger charge is -2.28. The SMILES string of the molecule is CCOCC(Nc1nc(Nc2ccc3c(ccn3CC)c2)c(C(N)=O)cc1F)[C@H](C)NC(=O)OC(C)(C)C. The van der Waals surface area contributed by atoms with Crippen molar-refractivity contribution < 1.29 is 23.5 Å². The number of alkyl carbamates (subject to hydrolysis) is 1. The second-order valence-electron chi connectivity index (χ2n) is 9.92. The standard InChI is InChI=1S/C27H37FN6O4/c1-7-34-12-11-17-13-18(9-10-22(17)34)31-24-19(23(29)35)14-20(28)25(33-24)32-21(15-37-8-2)16(3)30-26(36)38-27(4,5)6/h9-14,16,21H,7-8,15H2,1-6H3,(H2,29,35)(H,30,36)(H2,31,32,33)/t16-,21?/m0/s1. The molecule has 2 aromatic heterocycles. The largest absolute Gasteiger partial charge is 0.444 e. The Morgan fingerprint density at radius 3 is 2.53 bits per heavy atom. The molecule has 0 fully saturated rings. The smallest absolute Gasteiger partial charge is 0.407 e. The third-order valence-corrected chi connectivity index (χ3v) is 5.79. The molecule has 0 saturated heterocycles. The number of primary amides is 1. The predicted octanol–water partition coefficient (Wildman–Crippen LogP) is 4.77. The number of benzene rings is 1. The summed E-state index contributed by atoms with van der Waals surface area (Å²) in [7, 11) is 0. The molecule has 0 bridgehead atoms. The molecule has 38 heavy (non-hydrogen) atoms. The highest BCUT2D eigenvalue weighted by molar-refractivity contribution is 5.99. The van der Waals surface area contributed by atoms with E-state index in [-0.39, 0.29) is 23.8 Å². The van der Waals surface area contributed by atoms with Crippen LogP contribution >= 0.6 is 0 Å². The zero-order valence-electron chi connectivity index (χ0n) is 22.7. The van der Waals surface area contributed by atoms with Crippen molar-refractivity contribution in [2.24, 2.45) is 5.73 Å². The first-order valence-electron chi connectivity index (χ1n) is 12.6. The summed E-state index contributed by atoms with van der Waals surface area (Å²) in [5.74, 6) is -1.63. The molecule has 0 aliphatic heterocycles. The monoisotopic (exact) mass is 528 g/mol. The van der Waals surface area contributed by atoms with Gasteiger partial charge in [0, 0.05) is 35.9 Å². The van der Waals surface area contributed by atoms with Gasteiger partial charge in [-0.3, -0.25) is 4.79 Å². The minimum atomic E-state index is -0.825. The van der Waals surface area contributed by atoms with Gasteiger partial charge < -0.3 is 35.7 Å². The fourth-order valence-corrected chi connectivity index (χ4v) is 3.89. The Balaban J connectivity index is 1.89. The van der Waals surface area contributed by atoms with E-state index in [1.54, 1.807) is 27.7 Å². The second kappa shape index (κ2) is 12.1. The number of nitrogens with one attached hydrogen (secondary N) is 3. The number of carbonyl (C=O) groups excluding carboxylic acids is 2. The first-order chi connectivity index (χ1) is 17.9. The maximum Gasteiger partial charge on any atom is 0.407 e. The highest BCUT2D eigenvalue weighted by Gasteiger charge is 2.25. The number of halogens is 1. The summed E-state index contributed by atoms with van der Waals surface area (Å²) in [6.45, 7) is 12.3. The molecule has 3 rings (SSSR count). The molecule has 0 spiro atoms. The summed E-state index contributed by atoms with van der Waals surface area (Å²) in [6.07, 6.45) is 1.38. The number of aromatic nitrogens is 2. The number of hydrogen-bond donors (Lipinski definition) is 4. The Morgan fingerprint density at radius 1 is 1.16 bits per heavy atom. The van der Waals surface area contributed by atoms with Crippen molar-refractivity contribution in [2.75, 3.05) is 23.8 Å². The van der Waals surface area contributed by atoms with Crippen LogP contribution in [-0.2, 0) is 16.0 Å². The summed E-state index contributed by atoms with van der Waals surface area (Å²) in [4.78, 5) is 28.8. The van der Waals surface area contributed by atoms with Gasteiger partial charge in [-0.1, -0.05) is 0 Å². The normalized spacial score (nSPS) is 13.1. The van der Waals surface area contributed by atoms with Crippen molar-refractivity contribution in [2.45, 2.75) is 65.8 Å². The number of rotatable bonds is 11. The average molecular weight is 529 g/mol. The van der Waals surface area contributed by atoms with Gasteiger partial charge in [-0.15, -0.1) is 0 Å². The molecule has 1 unspecified atom stereocenters. The Bertz CT molecular complexity index is 1290. The molecule has 0 radical (unpaired) electrons. The second-order valence-corrected chi connectivity index (χ2v) is 9.92. The van der Waals surface area contributed by atoms with Crippen molar-refractivity contribution in [3.8, 4) is 0 Å². The lowest BCUT2D eigenvalue weighted by Crippen LogP contribution is -2.48. The molecule has 0 saturated carbocycles. The van der Waals surface area contributed by atoms with Crippen LogP contribution in [0.15, 0.2) is 36.5 Å². The van der Waals surface area contributed by atoms with E-state index in [9.17, 15) is 9.59 Å². The van der Waals surface area contributed by atoms with Gasteiger partial charge in [0.2, 0.25) is 0 Å². The number of pyridine rings is 1. The summed E-state index contributed by atoms with van der Waals surface area (Å²) in [6, 6.07) is 7.65. The van der Waals surface area contributed by atoms with Gasteiger partial charge in [-0.05, 0) is 71.9 Å². The Hall–Kier alpha value is -3.86. The van der Waals surface area contributed by atoms with Crippen LogP contribution < -0.4 is 21.7 Å². The number of anilines is 3. The van der Waals surface area contributed by atoms with Crippen molar-refractivity contribution in [1.29, 1.82) is 0 Å². The average Bonchev–Trinajstić information content (AvgIpc) is 3.24. The highest BCUT2D eigenvalue weighted by atomic mass is 19.1. The van der Waals surface area contributed by atoms with E-state index in [0.717, 1.165) is 23.5 Å². The maximum absolute atomic E-state index is 15.1. The van der Waals surface area contributed by atoms with Gasteiger partial charge in [-0.25, -0.2) is 14.2 Å². The van der Waals surface area contributed by atoms with Gasteiger partial charge >= 0.3 is 6.09 Å². The van der Waals surface area contributed by atoms with Crippen molar-refractivity contribution in [3.05, 3.63) is 47.9 Å². The van der Waals surface area contributed by atoms with Crippen LogP contribution in [0.4, 0.5) is 26.5 Å². The van der Waals surface area contributed by atoms with Gasteiger partial charge in [0.15, 0.2) is 11.6 Å². The number of hydrogen-bond acceptors (Lipinski definition) is 7. The third kappa shape index (κ3) is 7.34. The molecule has 3 aromatic rings. The number of ether oxygens (including phenoxy) is 2. The lowest BCUT2D eigenvalue weighted by molar-refractivity contribution is 0.0487. The molecule has 1 aromatic carbocycles. The zero-order valence-corrected chi connectivity index (χ0v) is 22.7. The van der Waals surface area contributed by atoms with E-state index in [4.69, 9.17) is 15.2 Å². The van der Waals surface area contributed by atoms with Crippen molar-refractivity contribution in [1.82, 2.24) is 14.9 Å². The van der Waals surface area contributed by atoms with E-state index in [0.29, 0.717) is 12.3 Å². The molecule has 2 atom stereocenters. The summed E-state index contributed by atoms with van der Waals surface area (Å²) in [5, 5.41) is 9.85. The quantitative estimate of drug-likeness (QED) is 0.282. The highest BCUT2D eigenvalue weighted by Crippen LogP contribution is 2.27. The number of fused-ring (bicyclic) bond motifs is 1. The molecule has 0 aliphatic carbocycles. The Labute approximate surface area is 222 Å². The minimum absolute atomic E-state index is 0.0959. The van der Waals surface area contributed by atoms with Crippen molar-refractivity contribution >= 4 is 40.2 Å². The van der Waals surface area contributed by atoms with Crippen LogP contribution in [-0.4, -0.2) is 52.4 Å². The van der Waals surface area contributed by atoms with E-state index in [1.165, 1.54) is 0 Å². The Kier molecular flexibility index (Phi) is 9.16. The molecule has 0 aliphatic rings. The third-order valence-electron chi connectivity index (χ3n) is 5.79. The van der Waals surface area contributed by atoms with Gasteiger partial charge in [0.1, 0.15) is 11.4 Å². The summed E-state index contributed by atoms with van der Waals surface area (Å²) < 4.78 is 28.1. The Morgan fingerprint density at radius 2 is 1.89 bits per heavy atom. The first-order valence-corrected chi connectivity index (χ1v) is 12.6. The minimum Gasteiger partial charge on any atom is -0.444 e. The van der Waals surface area contributed by atoms with Crippen LogP contribution in [0.3, 0.4) is 0 Å². The number of nitrogens with two attached hydrogens (primary N) is 1. The lowest BCUT2D eigenvalue weighted by atomic mass is 10.1. The van der Waals surface area contributed by atoms with Crippen LogP contribution in [0.5, 0.6) is 0 Å². The molecular weight excluding hydrogens is 491 g/mol. The molecular formula is C27H37FN6O4. The van der Waals surface area contributed by atoms with Crippen LogP contribution in [0.1, 0.15) is 51.9 Å². The van der Waals surface area contributed by atoms with Gasteiger partial charge in [-0.2, -0.15) is 0 Å². The fraction of sp³-hybridized carbons (Fsp3) is 0.444. The van der Waals surface area contributed by atoms with Gasteiger partial charge in [0.25, 0.3) is 5.91 Å². The van der Waals surface area contributed by atoms with Crippen LogP contribution in [0, 0.1) is 5.82 Å². The molecule has 2 heterocycles. The number of carbonyl (C=O) groups is 2. The first kappa shape index (κ1) is 28.7. The maximum atomic E-state index is 15.1. The van der Waals surface area contributed by atoms with E-state index in [1.807, 2.05) is 37.4 Å². The fourth-order valence-electron chi connectivity index (χ4n) is 3.89. The number of nitrogens with zero attached hydrogens (tertiary/aromatic N) is 2. The number of amides is 2. The van der Waals surface area contributed by atoms with Gasteiger partial charge in [0.05, 0.1) is 24.3 Å². The predicted molar refractivity (Wildman–Crippen MR) is 146 cm³/mol.